The first-order chi connectivity index (χ1) is 21.8. The Morgan fingerprint density at radius 2 is 1.23 bits per heavy atom. The third-order valence-corrected chi connectivity index (χ3v) is 12.9. The summed E-state index contributed by atoms with van der Waals surface area (Å²) in [6, 6.07) is 42.4. The van der Waals surface area contributed by atoms with E-state index in [1.165, 1.54) is 74.6 Å². The predicted molar refractivity (Wildman–Crippen MR) is 188 cm³/mol. The van der Waals surface area contributed by atoms with E-state index in [9.17, 15) is 0 Å². The van der Waals surface area contributed by atoms with Crippen molar-refractivity contribution in [2.24, 2.45) is 0 Å². The maximum atomic E-state index is 6.94. The molecule has 0 N–H and O–H groups in total. The van der Waals surface area contributed by atoms with Gasteiger partial charge in [0.05, 0.1) is 27.2 Å². The van der Waals surface area contributed by atoms with Gasteiger partial charge in [-0.05, 0) is 76.0 Å². The van der Waals surface area contributed by atoms with Crippen molar-refractivity contribution in [1.82, 2.24) is 0 Å². The maximum Gasteiger partial charge on any atom is 0.142 e. The van der Waals surface area contributed by atoms with Gasteiger partial charge in [0.25, 0.3) is 0 Å². The zero-order valence-corrected chi connectivity index (χ0v) is 25.7. The molecular weight excluding hydrogens is 595 g/mol. The van der Waals surface area contributed by atoms with E-state index >= 15 is 0 Å². The van der Waals surface area contributed by atoms with Gasteiger partial charge >= 0.3 is 0 Å². The van der Waals surface area contributed by atoms with Crippen LogP contribution in [0, 0.1) is 0 Å². The van der Waals surface area contributed by atoms with Crippen LogP contribution < -0.4 is 4.90 Å². The molecule has 0 unspecified atom stereocenters. The van der Waals surface area contributed by atoms with Gasteiger partial charge in [-0.25, -0.2) is 0 Å². The van der Waals surface area contributed by atoms with Crippen LogP contribution in [-0.4, -0.2) is 0 Å². The van der Waals surface area contributed by atoms with Crippen LogP contribution in [0.15, 0.2) is 130 Å². The van der Waals surface area contributed by atoms with Gasteiger partial charge in [-0.1, -0.05) is 66.7 Å². The van der Waals surface area contributed by atoms with Crippen molar-refractivity contribution in [1.29, 1.82) is 0 Å². The summed E-state index contributed by atoms with van der Waals surface area (Å²) >= 11 is 5.59. The lowest BCUT2D eigenvalue weighted by Crippen LogP contribution is -2.36. The summed E-state index contributed by atoms with van der Waals surface area (Å²) in [5.41, 5.74) is 10.3. The summed E-state index contributed by atoms with van der Waals surface area (Å²) in [6.07, 6.45) is 0. The maximum absolute atomic E-state index is 6.94. The second-order valence-corrected chi connectivity index (χ2v) is 14.5. The van der Waals surface area contributed by atoms with E-state index in [1.807, 2.05) is 34.0 Å². The SMILES string of the molecule is c1ccc2c(c1)N(c1cccc3c1sc1ccccc13)c1ccc3c(oc4ccccc43)c1C21c2ccsc2-c2sccc21. The molecule has 0 bridgehead atoms. The Kier molecular flexibility index (Phi) is 4.46. The van der Waals surface area contributed by atoms with Gasteiger partial charge in [0.15, 0.2) is 0 Å². The van der Waals surface area contributed by atoms with Crippen LogP contribution in [0.25, 0.3) is 51.9 Å². The first kappa shape index (κ1) is 23.7. The van der Waals surface area contributed by atoms with Crippen molar-refractivity contribution in [2.75, 3.05) is 4.90 Å². The molecule has 206 valence electrons. The molecule has 0 radical (unpaired) electrons. The van der Waals surface area contributed by atoms with Gasteiger partial charge in [-0.2, -0.15) is 0 Å². The van der Waals surface area contributed by atoms with Crippen molar-refractivity contribution in [2.45, 2.75) is 5.41 Å². The van der Waals surface area contributed by atoms with Crippen molar-refractivity contribution in [3.05, 3.63) is 148 Å². The lowest BCUT2D eigenvalue weighted by molar-refractivity contribution is 0.646. The fourth-order valence-corrected chi connectivity index (χ4v) is 11.3. The number of nitrogens with zero attached hydrogens (tertiary/aromatic N) is 1. The lowest BCUT2D eigenvalue weighted by atomic mass is 9.65. The Morgan fingerprint density at radius 3 is 2.09 bits per heavy atom. The van der Waals surface area contributed by atoms with Crippen LogP contribution in [0.3, 0.4) is 0 Å². The first-order valence-corrected chi connectivity index (χ1v) is 17.3. The van der Waals surface area contributed by atoms with Crippen molar-refractivity contribution >= 4 is 93.2 Å². The Labute approximate surface area is 264 Å². The number of hydrogen-bond acceptors (Lipinski definition) is 5. The summed E-state index contributed by atoms with van der Waals surface area (Å²) in [5, 5.41) is 9.46. The number of anilines is 3. The quantitative estimate of drug-likeness (QED) is 0.183. The van der Waals surface area contributed by atoms with E-state index in [4.69, 9.17) is 4.42 Å². The van der Waals surface area contributed by atoms with E-state index in [0.717, 1.165) is 16.6 Å². The van der Waals surface area contributed by atoms with Gasteiger partial charge < -0.3 is 9.32 Å². The highest BCUT2D eigenvalue weighted by molar-refractivity contribution is 7.26. The highest BCUT2D eigenvalue weighted by Gasteiger charge is 2.54. The molecule has 0 saturated heterocycles. The summed E-state index contributed by atoms with van der Waals surface area (Å²) in [5.74, 6) is 0. The molecule has 1 spiro atoms. The van der Waals surface area contributed by atoms with E-state index in [-0.39, 0.29) is 0 Å². The molecule has 0 atom stereocenters. The minimum Gasteiger partial charge on any atom is -0.456 e. The third kappa shape index (κ3) is 2.69. The second kappa shape index (κ2) is 8.27. The zero-order valence-electron chi connectivity index (χ0n) is 23.2. The number of thiophene rings is 3. The summed E-state index contributed by atoms with van der Waals surface area (Å²) in [7, 11) is 0. The molecular formula is C39H21NOS3. The molecule has 5 heteroatoms. The molecule has 5 heterocycles. The van der Waals surface area contributed by atoms with Crippen molar-refractivity contribution in [3.63, 3.8) is 0 Å². The molecule has 9 aromatic rings. The molecule has 5 aromatic carbocycles. The number of hydrogen-bond donors (Lipinski definition) is 0. The van der Waals surface area contributed by atoms with Crippen LogP contribution in [0.5, 0.6) is 0 Å². The molecule has 2 aliphatic rings. The standard InChI is InChI=1S/C39H21NOS3/c1-5-14-32-22(8-1)24-16-17-30-34(35(24)41-32)39(27-18-20-42-37(27)38-28(39)19-21-43-38)26-11-3-4-12-29(26)40(30)31-13-7-10-25-23-9-2-6-15-33(23)44-36(25)31/h1-21H. The topological polar surface area (TPSA) is 16.4 Å². The number of benzene rings is 5. The Hall–Kier alpha value is -4.68. The number of rotatable bonds is 1. The van der Waals surface area contributed by atoms with Crippen LogP contribution in [0.4, 0.5) is 17.1 Å². The molecule has 1 aliphatic carbocycles. The largest absolute Gasteiger partial charge is 0.456 e. The van der Waals surface area contributed by atoms with Gasteiger partial charge in [-0.3, -0.25) is 0 Å². The Bertz CT molecular complexity index is 2610. The van der Waals surface area contributed by atoms with E-state index in [0.29, 0.717) is 0 Å². The molecule has 2 nitrogen and oxygen atoms in total. The Morgan fingerprint density at radius 1 is 0.523 bits per heavy atom. The molecule has 11 rings (SSSR count). The minimum absolute atomic E-state index is 0.478. The predicted octanol–water partition coefficient (Wildman–Crippen LogP) is 12.2. The van der Waals surface area contributed by atoms with Gasteiger partial charge in [-0.15, -0.1) is 34.0 Å². The van der Waals surface area contributed by atoms with Crippen LogP contribution in [-0.2, 0) is 5.41 Å². The van der Waals surface area contributed by atoms with E-state index in [2.05, 4.69) is 131 Å². The van der Waals surface area contributed by atoms with Gasteiger partial charge in [0.1, 0.15) is 11.2 Å². The number of para-hydroxylation sites is 2. The fraction of sp³-hybridized carbons (Fsp3) is 0.0256. The van der Waals surface area contributed by atoms with Crippen LogP contribution in [0.1, 0.15) is 22.3 Å². The van der Waals surface area contributed by atoms with Crippen LogP contribution >= 0.6 is 34.0 Å². The van der Waals surface area contributed by atoms with Crippen LogP contribution in [0.2, 0.25) is 0 Å². The molecule has 0 amide bonds. The van der Waals surface area contributed by atoms with Crippen molar-refractivity contribution < 1.29 is 4.42 Å². The summed E-state index contributed by atoms with van der Waals surface area (Å²) < 4.78 is 9.55. The number of fused-ring (bicyclic) bond motifs is 16. The Balaban J connectivity index is 1.35. The minimum atomic E-state index is -0.478. The average Bonchev–Trinajstić information content (AvgIpc) is 3.89. The number of furan rings is 1. The first-order valence-electron chi connectivity index (χ1n) is 14.7. The van der Waals surface area contributed by atoms with E-state index < -0.39 is 5.41 Å². The van der Waals surface area contributed by atoms with Gasteiger partial charge in [0.2, 0.25) is 0 Å². The van der Waals surface area contributed by atoms with E-state index in [1.54, 1.807) is 0 Å². The monoisotopic (exact) mass is 615 g/mol. The fourth-order valence-electron chi connectivity index (χ4n) is 8.01. The third-order valence-electron chi connectivity index (χ3n) is 9.66. The highest BCUT2D eigenvalue weighted by atomic mass is 32.1. The molecule has 44 heavy (non-hydrogen) atoms. The normalized spacial score (nSPS) is 14.5. The lowest BCUT2D eigenvalue weighted by Gasteiger charge is -2.44. The molecule has 0 saturated carbocycles. The highest BCUT2D eigenvalue weighted by Crippen LogP contribution is 2.67. The smallest absolute Gasteiger partial charge is 0.142 e. The summed E-state index contributed by atoms with van der Waals surface area (Å²) in [6.45, 7) is 0. The molecule has 4 aromatic heterocycles. The van der Waals surface area contributed by atoms with Crippen molar-refractivity contribution in [3.8, 4) is 9.75 Å². The second-order valence-electron chi connectivity index (χ2n) is 11.6. The molecule has 0 fully saturated rings. The molecule has 1 aliphatic heterocycles. The van der Waals surface area contributed by atoms with Gasteiger partial charge in [0, 0.05) is 41.6 Å². The summed E-state index contributed by atoms with van der Waals surface area (Å²) in [4.78, 5) is 5.27. The zero-order chi connectivity index (χ0) is 28.6. The average molecular weight is 616 g/mol.